The Morgan fingerprint density at radius 3 is 2.70 bits per heavy atom. The molecule has 0 aliphatic carbocycles. The zero-order valence-corrected chi connectivity index (χ0v) is 12.8. The molecule has 110 valence electrons. The lowest BCUT2D eigenvalue weighted by Gasteiger charge is -2.19. The Morgan fingerprint density at radius 2 is 2.10 bits per heavy atom. The molecule has 0 amide bonds. The van der Waals surface area contributed by atoms with Gasteiger partial charge in [0.1, 0.15) is 11.8 Å². The second-order valence-corrected chi connectivity index (χ2v) is 4.76. The van der Waals surface area contributed by atoms with Crippen molar-refractivity contribution in [1.29, 1.82) is 5.26 Å². The van der Waals surface area contributed by atoms with Gasteiger partial charge in [0.15, 0.2) is 0 Å². The lowest BCUT2D eigenvalue weighted by Crippen LogP contribution is -2.32. The minimum Gasteiger partial charge on any atom is -0.495 e. The molecular weight excluding hydrogens is 250 g/mol. The van der Waals surface area contributed by atoms with Crippen LogP contribution in [0.5, 0.6) is 5.75 Å². The third kappa shape index (κ3) is 5.20. The number of nitrogens with one attached hydrogen (secondary N) is 1. The molecule has 20 heavy (non-hydrogen) atoms. The van der Waals surface area contributed by atoms with E-state index in [0.717, 1.165) is 38.3 Å². The Labute approximate surface area is 122 Å². The van der Waals surface area contributed by atoms with E-state index < -0.39 is 0 Å². The molecule has 0 aliphatic heterocycles. The van der Waals surface area contributed by atoms with Crippen LogP contribution >= 0.6 is 0 Å². The molecule has 4 heteroatoms. The van der Waals surface area contributed by atoms with Crippen molar-refractivity contribution in [2.75, 3.05) is 33.3 Å². The number of ether oxygens (including phenoxy) is 1. The second kappa shape index (κ2) is 9.35. The maximum atomic E-state index is 9.05. The molecule has 1 aromatic rings. The average Bonchev–Trinajstić information content (AvgIpc) is 2.50. The highest BCUT2D eigenvalue weighted by molar-refractivity contribution is 5.45. The molecule has 1 rings (SSSR count). The molecule has 0 heterocycles. The lowest BCUT2D eigenvalue weighted by atomic mass is 10.1. The van der Waals surface area contributed by atoms with Crippen molar-refractivity contribution in [2.24, 2.45) is 0 Å². The van der Waals surface area contributed by atoms with Crippen molar-refractivity contribution in [2.45, 2.75) is 26.8 Å². The third-order valence-corrected chi connectivity index (χ3v) is 3.31. The maximum Gasteiger partial charge on any atom is 0.136 e. The van der Waals surface area contributed by atoms with Crippen LogP contribution in [0.15, 0.2) is 18.2 Å². The van der Waals surface area contributed by atoms with Gasteiger partial charge in [-0.05, 0) is 37.2 Å². The zero-order chi connectivity index (χ0) is 14.8. The Morgan fingerprint density at radius 1 is 1.30 bits per heavy atom. The molecular formula is C16H25N3O. The number of likely N-dealkylation sites (N-methyl/N-ethyl adjacent to an activating group) is 1. The topological polar surface area (TPSA) is 48.3 Å². The maximum absolute atomic E-state index is 9.05. The lowest BCUT2D eigenvalue weighted by molar-refractivity contribution is 0.287. The smallest absolute Gasteiger partial charge is 0.136 e. The van der Waals surface area contributed by atoms with E-state index in [4.69, 9.17) is 10.00 Å². The molecule has 0 fully saturated rings. The first kappa shape index (κ1) is 16.5. The Hall–Kier alpha value is -1.57. The summed E-state index contributed by atoms with van der Waals surface area (Å²) in [7, 11) is 1.58. The molecule has 1 N–H and O–H groups in total. The van der Waals surface area contributed by atoms with Crippen molar-refractivity contribution in [3.8, 4) is 11.8 Å². The van der Waals surface area contributed by atoms with E-state index >= 15 is 0 Å². The minimum atomic E-state index is 0.591. The highest BCUT2D eigenvalue weighted by Crippen LogP contribution is 2.18. The highest BCUT2D eigenvalue weighted by Gasteiger charge is 2.04. The van der Waals surface area contributed by atoms with Crippen LogP contribution in [0.1, 0.15) is 31.4 Å². The molecule has 0 saturated carbocycles. The van der Waals surface area contributed by atoms with Crippen LogP contribution in [0.4, 0.5) is 0 Å². The van der Waals surface area contributed by atoms with E-state index in [1.807, 2.05) is 18.2 Å². The number of hydrogen-bond acceptors (Lipinski definition) is 4. The summed E-state index contributed by atoms with van der Waals surface area (Å²) >= 11 is 0. The SMILES string of the molecule is CCCN(CC)CCNCc1ccc(OC)c(C#N)c1. The molecule has 0 aliphatic rings. The highest BCUT2D eigenvalue weighted by atomic mass is 16.5. The molecule has 0 atom stereocenters. The molecule has 0 radical (unpaired) electrons. The van der Waals surface area contributed by atoms with Crippen LogP contribution in [-0.2, 0) is 6.54 Å². The van der Waals surface area contributed by atoms with Crippen LogP contribution < -0.4 is 10.1 Å². The van der Waals surface area contributed by atoms with Crippen LogP contribution in [0, 0.1) is 11.3 Å². The molecule has 1 aromatic carbocycles. The molecule has 0 saturated heterocycles. The molecule has 0 unspecified atom stereocenters. The largest absolute Gasteiger partial charge is 0.495 e. The second-order valence-electron chi connectivity index (χ2n) is 4.76. The first-order chi connectivity index (χ1) is 9.74. The third-order valence-electron chi connectivity index (χ3n) is 3.31. The van der Waals surface area contributed by atoms with Crippen molar-refractivity contribution in [1.82, 2.24) is 10.2 Å². The number of benzene rings is 1. The van der Waals surface area contributed by atoms with Crippen molar-refractivity contribution >= 4 is 0 Å². The predicted molar refractivity (Wildman–Crippen MR) is 81.8 cm³/mol. The first-order valence-corrected chi connectivity index (χ1v) is 7.25. The van der Waals surface area contributed by atoms with Gasteiger partial charge in [-0.3, -0.25) is 0 Å². The van der Waals surface area contributed by atoms with Gasteiger partial charge in [-0.1, -0.05) is 19.9 Å². The molecule has 0 aromatic heterocycles. The standard InChI is InChI=1S/C16H25N3O/c1-4-9-19(5-2)10-8-18-13-14-6-7-16(20-3)15(11-14)12-17/h6-7,11,18H,4-5,8-10,13H2,1-3H3. The molecule has 0 bridgehead atoms. The normalized spacial score (nSPS) is 10.6. The van der Waals surface area contributed by atoms with Gasteiger partial charge in [-0.25, -0.2) is 0 Å². The molecule has 0 spiro atoms. The van der Waals surface area contributed by atoms with E-state index in [1.165, 1.54) is 6.42 Å². The molecule has 4 nitrogen and oxygen atoms in total. The van der Waals surface area contributed by atoms with E-state index in [2.05, 4.69) is 30.1 Å². The van der Waals surface area contributed by atoms with Gasteiger partial charge in [-0.2, -0.15) is 5.26 Å². The van der Waals surface area contributed by atoms with Crippen LogP contribution in [-0.4, -0.2) is 38.2 Å². The number of rotatable bonds is 9. The van der Waals surface area contributed by atoms with E-state index in [-0.39, 0.29) is 0 Å². The summed E-state index contributed by atoms with van der Waals surface area (Å²) < 4.78 is 5.14. The minimum absolute atomic E-state index is 0.591. The van der Waals surface area contributed by atoms with Crippen molar-refractivity contribution in [3.05, 3.63) is 29.3 Å². The van der Waals surface area contributed by atoms with Crippen molar-refractivity contribution < 1.29 is 4.74 Å². The quantitative estimate of drug-likeness (QED) is 0.703. The Bertz CT molecular complexity index is 440. The number of methoxy groups -OCH3 is 1. The van der Waals surface area contributed by atoms with E-state index in [1.54, 1.807) is 7.11 Å². The monoisotopic (exact) mass is 275 g/mol. The fraction of sp³-hybridized carbons (Fsp3) is 0.562. The van der Waals surface area contributed by atoms with Gasteiger partial charge < -0.3 is 15.0 Å². The van der Waals surface area contributed by atoms with Gasteiger partial charge in [0, 0.05) is 19.6 Å². The summed E-state index contributed by atoms with van der Waals surface area (Å²) in [5.41, 5.74) is 1.70. The van der Waals surface area contributed by atoms with Gasteiger partial charge in [0.25, 0.3) is 0 Å². The summed E-state index contributed by atoms with van der Waals surface area (Å²) in [6.45, 7) is 9.45. The van der Waals surface area contributed by atoms with Gasteiger partial charge in [-0.15, -0.1) is 0 Å². The van der Waals surface area contributed by atoms with Gasteiger partial charge in [0.2, 0.25) is 0 Å². The predicted octanol–water partition coefficient (Wildman–Crippen LogP) is 2.39. The Balaban J connectivity index is 2.41. The summed E-state index contributed by atoms with van der Waals surface area (Å²) in [6.07, 6.45) is 1.19. The first-order valence-electron chi connectivity index (χ1n) is 7.25. The number of nitrogens with zero attached hydrogens (tertiary/aromatic N) is 2. The van der Waals surface area contributed by atoms with E-state index in [9.17, 15) is 0 Å². The van der Waals surface area contributed by atoms with Crippen LogP contribution in [0.2, 0.25) is 0 Å². The summed E-state index contributed by atoms with van der Waals surface area (Å²) in [4.78, 5) is 2.43. The fourth-order valence-electron chi connectivity index (χ4n) is 2.17. The van der Waals surface area contributed by atoms with Crippen LogP contribution in [0.3, 0.4) is 0 Å². The fourth-order valence-corrected chi connectivity index (χ4v) is 2.17. The number of nitriles is 1. The Kier molecular flexibility index (Phi) is 7.71. The van der Waals surface area contributed by atoms with Crippen molar-refractivity contribution in [3.63, 3.8) is 0 Å². The van der Waals surface area contributed by atoms with Gasteiger partial charge in [0.05, 0.1) is 12.7 Å². The average molecular weight is 275 g/mol. The summed E-state index contributed by atoms with van der Waals surface area (Å²) in [5, 5.41) is 12.5. The van der Waals surface area contributed by atoms with Crippen LogP contribution in [0.25, 0.3) is 0 Å². The number of hydrogen-bond donors (Lipinski definition) is 1. The summed E-state index contributed by atoms with van der Waals surface area (Å²) in [6, 6.07) is 7.89. The zero-order valence-electron chi connectivity index (χ0n) is 12.8. The summed E-state index contributed by atoms with van der Waals surface area (Å²) in [5.74, 6) is 0.636. The van der Waals surface area contributed by atoms with Gasteiger partial charge >= 0.3 is 0 Å². The van der Waals surface area contributed by atoms with E-state index in [0.29, 0.717) is 11.3 Å².